The molecule has 0 radical (unpaired) electrons. The minimum atomic E-state index is -3.69. The van der Waals surface area contributed by atoms with Crippen LogP contribution in [0.25, 0.3) is 10.8 Å². The van der Waals surface area contributed by atoms with Crippen LogP contribution in [0.5, 0.6) is 11.5 Å². The molecule has 1 amide bonds. The molecule has 1 N–H and O–H groups in total. The molecule has 0 saturated carbocycles. The van der Waals surface area contributed by atoms with E-state index in [4.69, 9.17) is 9.47 Å². The fourth-order valence-electron chi connectivity index (χ4n) is 3.51. The van der Waals surface area contributed by atoms with Gasteiger partial charge in [-0.1, -0.05) is 37.3 Å². The molecule has 3 aromatic carbocycles. The number of hydrogen-bond acceptors (Lipinski definition) is 5. The predicted octanol–water partition coefficient (Wildman–Crippen LogP) is 3.59. The fourth-order valence-corrected chi connectivity index (χ4v) is 4.72. The Morgan fingerprint density at radius 3 is 2.28 bits per heavy atom. The second kappa shape index (κ2) is 10.4. The molecular weight excluding hydrogens is 428 g/mol. The molecule has 0 fully saturated rings. The summed E-state index contributed by atoms with van der Waals surface area (Å²) in [4.78, 5) is 12.8. The Kier molecular flexibility index (Phi) is 7.58. The lowest BCUT2D eigenvalue weighted by atomic mass is 10.1. The maximum absolute atomic E-state index is 12.8. The van der Waals surface area contributed by atoms with Gasteiger partial charge in [0, 0.05) is 0 Å². The number of carbonyl (C=O) groups excluding carboxylic acids is 1. The third-order valence-corrected chi connectivity index (χ3v) is 6.23. The van der Waals surface area contributed by atoms with Crippen LogP contribution in [0, 0.1) is 0 Å². The first kappa shape index (κ1) is 23.4. The summed E-state index contributed by atoms with van der Waals surface area (Å²) in [5.41, 5.74) is 0.405. The van der Waals surface area contributed by atoms with Gasteiger partial charge in [0.05, 0.1) is 25.6 Å². The number of anilines is 1. The number of nitrogens with zero attached hydrogens (tertiary/aromatic N) is 1. The van der Waals surface area contributed by atoms with Gasteiger partial charge in [0.25, 0.3) is 0 Å². The van der Waals surface area contributed by atoms with E-state index < -0.39 is 16.1 Å². The van der Waals surface area contributed by atoms with E-state index in [1.54, 1.807) is 31.2 Å². The molecule has 0 aliphatic heterocycles. The molecular formula is C24H28N2O5S. The minimum Gasteiger partial charge on any atom is -0.497 e. The first-order valence-electron chi connectivity index (χ1n) is 10.4. The van der Waals surface area contributed by atoms with Gasteiger partial charge in [0.1, 0.15) is 24.1 Å². The molecule has 32 heavy (non-hydrogen) atoms. The van der Waals surface area contributed by atoms with E-state index in [2.05, 4.69) is 5.32 Å². The second-order valence-corrected chi connectivity index (χ2v) is 9.19. The van der Waals surface area contributed by atoms with Gasteiger partial charge in [-0.25, -0.2) is 8.42 Å². The molecule has 0 aliphatic rings. The molecule has 0 aliphatic carbocycles. The highest BCUT2D eigenvalue weighted by Gasteiger charge is 2.31. The van der Waals surface area contributed by atoms with Gasteiger partial charge in [-0.2, -0.15) is 0 Å². The largest absolute Gasteiger partial charge is 0.497 e. The van der Waals surface area contributed by atoms with E-state index in [-0.39, 0.29) is 19.1 Å². The SMILES string of the molecule is CCC(C(=O)NCCOc1ccc2ccccc2c1)N(c1ccc(OC)cc1)S(C)(=O)=O. The van der Waals surface area contributed by atoms with Gasteiger partial charge >= 0.3 is 0 Å². The highest BCUT2D eigenvalue weighted by molar-refractivity contribution is 7.92. The highest BCUT2D eigenvalue weighted by atomic mass is 32.2. The Bertz CT molecular complexity index is 1160. The lowest BCUT2D eigenvalue weighted by Gasteiger charge is -2.30. The monoisotopic (exact) mass is 456 g/mol. The van der Waals surface area contributed by atoms with Crippen molar-refractivity contribution in [3.8, 4) is 11.5 Å². The Balaban J connectivity index is 1.63. The molecule has 1 atom stereocenters. The number of amides is 1. The molecule has 7 nitrogen and oxygen atoms in total. The molecule has 170 valence electrons. The quantitative estimate of drug-likeness (QED) is 0.471. The zero-order valence-corrected chi connectivity index (χ0v) is 19.3. The molecule has 8 heteroatoms. The highest BCUT2D eigenvalue weighted by Crippen LogP contribution is 2.25. The third-order valence-electron chi connectivity index (χ3n) is 5.05. The molecule has 3 aromatic rings. The summed E-state index contributed by atoms with van der Waals surface area (Å²) in [6, 6.07) is 19.5. The molecule has 0 heterocycles. The molecule has 0 saturated heterocycles. The summed E-state index contributed by atoms with van der Waals surface area (Å²) < 4.78 is 37.0. The lowest BCUT2D eigenvalue weighted by molar-refractivity contribution is -0.122. The summed E-state index contributed by atoms with van der Waals surface area (Å²) >= 11 is 0. The van der Waals surface area contributed by atoms with Crippen molar-refractivity contribution < 1.29 is 22.7 Å². The van der Waals surface area contributed by atoms with Crippen LogP contribution in [-0.2, 0) is 14.8 Å². The van der Waals surface area contributed by atoms with Gasteiger partial charge in [0.2, 0.25) is 15.9 Å². The zero-order chi connectivity index (χ0) is 23.1. The summed E-state index contributed by atoms with van der Waals surface area (Å²) in [5, 5.41) is 4.99. The van der Waals surface area contributed by atoms with Gasteiger partial charge < -0.3 is 14.8 Å². The number of nitrogens with one attached hydrogen (secondary N) is 1. The van der Waals surface area contributed by atoms with E-state index in [1.807, 2.05) is 42.5 Å². The summed E-state index contributed by atoms with van der Waals surface area (Å²) in [5.74, 6) is 0.933. The third kappa shape index (κ3) is 5.70. The van der Waals surface area contributed by atoms with E-state index >= 15 is 0 Å². The normalized spacial score (nSPS) is 12.2. The molecule has 0 aromatic heterocycles. The lowest BCUT2D eigenvalue weighted by Crippen LogP contribution is -2.50. The van der Waals surface area contributed by atoms with Crippen LogP contribution in [0.4, 0.5) is 5.69 Å². The maximum Gasteiger partial charge on any atom is 0.244 e. The van der Waals surface area contributed by atoms with Crippen LogP contribution in [-0.4, -0.2) is 46.9 Å². The van der Waals surface area contributed by atoms with Crippen molar-refractivity contribution >= 4 is 32.4 Å². The number of methoxy groups -OCH3 is 1. The minimum absolute atomic E-state index is 0.252. The second-order valence-electron chi connectivity index (χ2n) is 7.33. The molecule has 0 spiro atoms. The topological polar surface area (TPSA) is 84.9 Å². The number of carbonyl (C=O) groups is 1. The van der Waals surface area contributed by atoms with Crippen molar-refractivity contribution in [3.63, 3.8) is 0 Å². The number of fused-ring (bicyclic) bond motifs is 1. The van der Waals surface area contributed by atoms with Crippen LogP contribution in [0.2, 0.25) is 0 Å². The van der Waals surface area contributed by atoms with Crippen LogP contribution in [0.1, 0.15) is 13.3 Å². The van der Waals surface area contributed by atoms with Crippen LogP contribution >= 0.6 is 0 Å². The van der Waals surface area contributed by atoms with Crippen molar-refractivity contribution in [2.24, 2.45) is 0 Å². The Morgan fingerprint density at radius 2 is 1.66 bits per heavy atom. The number of benzene rings is 3. The van der Waals surface area contributed by atoms with Gasteiger partial charge in [-0.05, 0) is 53.6 Å². The van der Waals surface area contributed by atoms with Crippen molar-refractivity contribution in [2.45, 2.75) is 19.4 Å². The van der Waals surface area contributed by atoms with Gasteiger partial charge in [-0.15, -0.1) is 0 Å². The van der Waals surface area contributed by atoms with E-state index in [0.717, 1.165) is 21.3 Å². The summed E-state index contributed by atoms with van der Waals surface area (Å²) in [7, 11) is -2.15. The van der Waals surface area contributed by atoms with Gasteiger partial charge in [0.15, 0.2) is 0 Å². The smallest absolute Gasteiger partial charge is 0.244 e. The Hall–Kier alpha value is -3.26. The first-order valence-corrected chi connectivity index (χ1v) is 12.2. The molecule has 0 bridgehead atoms. The van der Waals surface area contributed by atoms with Gasteiger partial charge in [-0.3, -0.25) is 9.10 Å². The maximum atomic E-state index is 12.8. The number of hydrogen-bond donors (Lipinski definition) is 1. The average Bonchev–Trinajstić information content (AvgIpc) is 2.79. The number of rotatable bonds is 10. The van der Waals surface area contributed by atoms with Crippen molar-refractivity contribution in [1.29, 1.82) is 0 Å². The predicted molar refractivity (Wildman–Crippen MR) is 127 cm³/mol. The van der Waals surface area contributed by atoms with E-state index in [9.17, 15) is 13.2 Å². The first-order chi connectivity index (χ1) is 15.3. The number of ether oxygens (including phenoxy) is 2. The van der Waals surface area contributed by atoms with Crippen LogP contribution in [0.3, 0.4) is 0 Å². The molecule has 3 rings (SSSR count). The average molecular weight is 457 g/mol. The zero-order valence-electron chi connectivity index (χ0n) is 18.4. The van der Waals surface area contributed by atoms with E-state index in [1.165, 1.54) is 7.11 Å². The van der Waals surface area contributed by atoms with Crippen LogP contribution in [0.15, 0.2) is 66.7 Å². The standard InChI is InChI=1S/C24H28N2O5S/c1-4-23(26(32(3,28)29)20-10-13-21(30-2)14-11-20)24(27)25-15-16-31-22-12-9-18-7-5-6-8-19(18)17-22/h5-14,17,23H,4,15-16H2,1-3H3,(H,25,27). The summed E-state index contributed by atoms with van der Waals surface area (Å²) in [6.45, 7) is 2.29. The Labute approximate surface area is 189 Å². The van der Waals surface area contributed by atoms with Crippen molar-refractivity contribution in [1.82, 2.24) is 5.32 Å². The fraction of sp³-hybridized carbons (Fsp3) is 0.292. The van der Waals surface area contributed by atoms with Crippen LogP contribution < -0.4 is 19.1 Å². The van der Waals surface area contributed by atoms with Crippen molar-refractivity contribution in [2.75, 3.05) is 30.8 Å². The molecule has 1 unspecified atom stereocenters. The van der Waals surface area contributed by atoms with Crippen molar-refractivity contribution in [3.05, 3.63) is 66.7 Å². The Morgan fingerprint density at radius 1 is 1.00 bits per heavy atom. The number of sulfonamides is 1. The van der Waals surface area contributed by atoms with E-state index in [0.29, 0.717) is 23.6 Å². The summed E-state index contributed by atoms with van der Waals surface area (Å²) in [6.07, 6.45) is 1.41.